The largest absolute Gasteiger partial charge is 0.496 e. The molecule has 29 heavy (non-hydrogen) atoms. The molecule has 150 valence electrons. The molecule has 0 radical (unpaired) electrons. The van der Waals surface area contributed by atoms with Crippen molar-refractivity contribution in [1.29, 1.82) is 0 Å². The molecule has 1 saturated heterocycles. The molecule has 1 amide bonds. The number of nitro benzene ring substituents is 1. The molecule has 0 atom stereocenters. The number of nitro groups is 1. The zero-order chi connectivity index (χ0) is 21.1. The lowest BCUT2D eigenvalue weighted by molar-refractivity contribution is -0.385. The van der Waals surface area contributed by atoms with E-state index in [1.807, 2.05) is 12.1 Å². The highest BCUT2D eigenvalue weighted by Crippen LogP contribution is 2.26. The summed E-state index contributed by atoms with van der Waals surface area (Å²) >= 11 is 5.08. The number of carbonyl (C=O) groups is 1. The number of nitrogens with one attached hydrogen (secondary N) is 1. The lowest BCUT2D eigenvalue weighted by Crippen LogP contribution is -2.25. The first-order valence-electron chi connectivity index (χ1n) is 8.65. The van der Waals surface area contributed by atoms with Crippen LogP contribution in [0, 0.1) is 17.0 Å². The highest BCUT2D eigenvalue weighted by Gasteiger charge is 2.27. The van der Waals surface area contributed by atoms with Gasteiger partial charge in [0.25, 0.3) is 11.6 Å². The molecular weight excluding hydrogens is 394 g/mol. The van der Waals surface area contributed by atoms with Crippen molar-refractivity contribution >= 4 is 35.0 Å². The number of hydrogen-bond donors (Lipinski definition) is 1. The second kappa shape index (κ2) is 8.27. The Labute approximate surface area is 172 Å². The van der Waals surface area contributed by atoms with E-state index in [0.29, 0.717) is 27.9 Å². The second-order valence-electron chi connectivity index (χ2n) is 6.42. The molecule has 2 aromatic carbocycles. The van der Waals surface area contributed by atoms with Crippen molar-refractivity contribution in [3.05, 3.63) is 68.9 Å². The molecule has 1 heterocycles. The van der Waals surface area contributed by atoms with Crippen LogP contribution in [-0.2, 0) is 11.4 Å². The zero-order valence-corrected chi connectivity index (χ0v) is 16.9. The third-order valence-corrected chi connectivity index (χ3v) is 4.83. The molecule has 2 aromatic rings. The number of hydrogen-bond acceptors (Lipinski definition) is 6. The molecule has 0 saturated carbocycles. The van der Waals surface area contributed by atoms with Gasteiger partial charge in [0.2, 0.25) is 0 Å². The van der Waals surface area contributed by atoms with Gasteiger partial charge in [0, 0.05) is 24.2 Å². The lowest BCUT2D eigenvalue weighted by Gasteiger charge is -2.12. The van der Waals surface area contributed by atoms with Crippen molar-refractivity contribution in [3.8, 4) is 11.5 Å². The van der Waals surface area contributed by atoms with Gasteiger partial charge in [-0.25, -0.2) is 0 Å². The number of nitrogens with zero attached hydrogens (tertiary/aromatic N) is 2. The third kappa shape index (κ3) is 4.35. The molecule has 8 nitrogen and oxygen atoms in total. The van der Waals surface area contributed by atoms with Crippen LogP contribution in [0.4, 0.5) is 5.69 Å². The van der Waals surface area contributed by atoms with Crippen LogP contribution in [0.2, 0.25) is 0 Å². The van der Waals surface area contributed by atoms with E-state index >= 15 is 0 Å². The predicted molar refractivity (Wildman–Crippen MR) is 112 cm³/mol. The van der Waals surface area contributed by atoms with E-state index in [1.165, 1.54) is 11.0 Å². The minimum absolute atomic E-state index is 0.0418. The van der Waals surface area contributed by atoms with Gasteiger partial charge in [-0.2, -0.15) is 0 Å². The van der Waals surface area contributed by atoms with E-state index in [1.54, 1.807) is 45.4 Å². The Hall–Kier alpha value is -3.46. The number of ether oxygens (including phenoxy) is 2. The Morgan fingerprint density at radius 1 is 1.28 bits per heavy atom. The van der Waals surface area contributed by atoms with E-state index in [9.17, 15) is 14.9 Å². The van der Waals surface area contributed by atoms with Crippen LogP contribution in [-0.4, -0.2) is 35.0 Å². The maximum absolute atomic E-state index is 12.2. The van der Waals surface area contributed by atoms with E-state index in [4.69, 9.17) is 21.7 Å². The molecule has 1 aliphatic heterocycles. The second-order valence-corrected chi connectivity index (χ2v) is 6.80. The van der Waals surface area contributed by atoms with Crippen LogP contribution in [0.1, 0.15) is 16.7 Å². The van der Waals surface area contributed by atoms with Gasteiger partial charge in [-0.3, -0.25) is 19.8 Å². The van der Waals surface area contributed by atoms with Crippen molar-refractivity contribution in [1.82, 2.24) is 10.2 Å². The topological polar surface area (TPSA) is 93.9 Å². The Balaban J connectivity index is 1.81. The molecule has 9 heteroatoms. The molecule has 1 fully saturated rings. The monoisotopic (exact) mass is 413 g/mol. The Morgan fingerprint density at radius 2 is 2.03 bits per heavy atom. The standard InChI is InChI=1S/C20H19N3O5S/c1-12-8-15(5-6-17(12)23(25)26)28-11-14-9-13(4-7-18(14)27-3)10-16-19(24)22(2)20(29)21-16/h4-10H,11H2,1-3H3,(H,21,29)/b16-10+. The molecule has 0 unspecified atom stereocenters. The van der Waals surface area contributed by atoms with Crippen molar-refractivity contribution in [2.24, 2.45) is 0 Å². The van der Waals surface area contributed by atoms with Gasteiger partial charge in [0.15, 0.2) is 5.11 Å². The Bertz CT molecular complexity index is 1030. The maximum Gasteiger partial charge on any atom is 0.276 e. The summed E-state index contributed by atoms with van der Waals surface area (Å²) in [6.07, 6.45) is 1.71. The van der Waals surface area contributed by atoms with E-state index in [0.717, 1.165) is 11.1 Å². The summed E-state index contributed by atoms with van der Waals surface area (Å²) in [4.78, 5) is 24.0. The minimum atomic E-state index is -0.430. The molecule has 3 rings (SSSR count). The number of amides is 1. The highest BCUT2D eigenvalue weighted by molar-refractivity contribution is 7.80. The van der Waals surface area contributed by atoms with E-state index in [2.05, 4.69) is 5.32 Å². The van der Waals surface area contributed by atoms with Gasteiger partial charge >= 0.3 is 0 Å². The van der Waals surface area contributed by atoms with Crippen molar-refractivity contribution in [2.45, 2.75) is 13.5 Å². The SMILES string of the molecule is COc1ccc(/C=C2/NC(=S)N(C)C2=O)cc1COc1ccc([N+](=O)[O-])c(C)c1. The molecule has 0 spiro atoms. The van der Waals surface area contributed by atoms with Gasteiger partial charge in [-0.05, 0) is 55.0 Å². The fraction of sp³-hybridized carbons (Fsp3) is 0.200. The fourth-order valence-electron chi connectivity index (χ4n) is 2.87. The first-order chi connectivity index (χ1) is 13.8. The average Bonchev–Trinajstić information content (AvgIpc) is 2.93. The third-order valence-electron chi connectivity index (χ3n) is 4.46. The summed E-state index contributed by atoms with van der Waals surface area (Å²) in [5.41, 5.74) is 2.49. The smallest absolute Gasteiger partial charge is 0.276 e. The summed E-state index contributed by atoms with van der Waals surface area (Å²) in [5, 5.41) is 14.2. The predicted octanol–water partition coefficient (Wildman–Crippen LogP) is 3.18. The first kappa shape index (κ1) is 20.3. The van der Waals surface area contributed by atoms with Crippen LogP contribution < -0.4 is 14.8 Å². The fourth-order valence-corrected chi connectivity index (χ4v) is 3.07. The summed E-state index contributed by atoms with van der Waals surface area (Å²) in [6, 6.07) is 10.0. The molecule has 0 aromatic heterocycles. The lowest BCUT2D eigenvalue weighted by atomic mass is 10.1. The number of aryl methyl sites for hydroxylation is 1. The highest BCUT2D eigenvalue weighted by atomic mass is 32.1. The van der Waals surface area contributed by atoms with E-state index < -0.39 is 4.92 Å². The molecular formula is C20H19N3O5S. The van der Waals surface area contributed by atoms with Crippen LogP contribution in [0.5, 0.6) is 11.5 Å². The van der Waals surface area contributed by atoms with Crippen LogP contribution in [0.25, 0.3) is 6.08 Å². The minimum Gasteiger partial charge on any atom is -0.496 e. The van der Waals surface area contributed by atoms with Crippen LogP contribution in [0.3, 0.4) is 0 Å². The van der Waals surface area contributed by atoms with Gasteiger partial charge < -0.3 is 14.8 Å². The first-order valence-corrected chi connectivity index (χ1v) is 9.06. The van der Waals surface area contributed by atoms with Crippen LogP contribution >= 0.6 is 12.2 Å². The van der Waals surface area contributed by atoms with Crippen molar-refractivity contribution in [2.75, 3.05) is 14.2 Å². The Morgan fingerprint density at radius 3 is 2.62 bits per heavy atom. The number of methoxy groups -OCH3 is 1. The Kier molecular flexibility index (Phi) is 5.79. The molecule has 1 N–H and O–H groups in total. The quantitative estimate of drug-likeness (QED) is 0.336. The van der Waals surface area contributed by atoms with E-state index in [-0.39, 0.29) is 18.2 Å². The molecule has 0 aliphatic carbocycles. The molecule has 1 aliphatic rings. The number of carbonyl (C=O) groups excluding carboxylic acids is 1. The summed E-state index contributed by atoms with van der Waals surface area (Å²) in [6.45, 7) is 1.85. The summed E-state index contributed by atoms with van der Waals surface area (Å²) < 4.78 is 11.2. The number of thiocarbonyl (C=S) groups is 1. The number of benzene rings is 2. The van der Waals surface area contributed by atoms with Crippen molar-refractivity contribution < 1.29 is 19.2 Å². The zero-order valence-electron chi connectivity index (χ0n) is 16.1. The summed E-state index contributed by atoms with van der Waals surface area (Å²) in [7, 11) is 3.17. The van der Waals surface area contributed by atoms with Gasteiger partial charge in [-0.15, -0.1) is 0 Å². The number of rotatable bonds is 6. The molecule has 0 bridgehead atoms. The average molecular weight is 413 g/mol. The number of likely N-dealkylation sites (N-methyl/N-ethyl adjacent to an activating group) is 1. The van der Waals surface area contributed by atoms with Crippen LogP contribution in [0.15, 0.2) is 42.1 Å². The van der Waals surface area contributed by atoms with Crippen molar-refractivity contribution in [3.63, 3.8) is 0 Å². The maximum atomic E-state index is 12.2. The van der Waals surface area contributed by atoms with Gasteiger partial charge in [0.05, 0.1) is 12.0 Å². The normalized spacial score (nSPS) is 14.9. The van der Waals surface area contributed by atoms with Gasteiger partial charge in [-0.1, -0.05) is 6.07 Å². The van der Waals surface area contributed by atoms with Gasteiger partial charge in [0.1, 0.15) is 23.8 Å². The summed E-state index contributed by atoms with van der Waals surface area (Å²) in [5.74, 6) is 0.938.